The van der Waals surface area contributed by atoms with Gasteiger partial charge in [-0.25, -0.2) is 33.5 Å². The summed E-state index contributed by atoms with van der Waals surface area (Å²) < 4.78 is 30.3. The summed E-state index contributed by atoms with van der Waals surface area (Å²) in [4.78, 5) is 34.9. The van der Waals surface area contributed by atoms with E-state index >= 15 is 0 Å². The molecule has 1 unspecified atom stereocenters. The van der Waals surface area contributed by atoms with Gasteiger partial charge in [0.25, 0.3) is 6.43 Å². The van der Waals surface area contributed by atoms with Crippen LogP contribution in [0.15, 0.2) is 42.7 Å². The fourth-order valence-corrected chi connectivity index (χ4v) is 4.49. The molecule has 2 aromatic heterocycles. The van der Waals surface area contributed by atoms with E-state index in [0.29, 0.717) is 37.2 Å². The molecule has 194 valence electrons. The second kappa shape index (κ2) is 11.0. The number of rotatable bonds is 6. The van der Waals surface area contributed by atoms with Crippen molar-refractivity contribution < 1.29 is 18.3 Å². The molecule has 1 atom stereocenters. The Labute approximate surface area is 213 Å². The normalized spacial score (nSPS) is 17.5. The van der Waals surface area contributed by atoms with Crippen molar-refractivity contribution in [3.63, 3.8) is 0 Å². The number of anilines is 3. The van der Waals surface area contributed by atoms with Gasteiger partial charge in [0.1, 0.15) is 5.82 Å². The number of alkyl halides is 2. The van der Waals surface area contributed by atoms with Crippen molar-refractivity contribution >= 4 is 23.5 Å². The molecule has 0 spiro atoms. The van der Waals surface area contributed by atoms with Gasteiger partial charge in [-0.15, -0.1) is 0 Å². The number of carbonyl (C=O) groups excluding carboxylic acids is 1. The quantitative estimate of drug-likeness (QED) is 0.521. The van der Waals surface area contributed by atoms with E-state index in [0.717, 1.165) is 42.1 Å². The molecule has 2 amide bonds. The first-order chi connectivity index (χ1) is 18.0. The lowest BCUT2D eigenvalue weighted by molar-refractivity contribution is 0.0984. The minimum absolute atomic E-state index is 0.175. The lowest BCUT2D eigenvalue weighted by atomic mass is 10.0. The fourth-order valence-electron chi connectivity index (χ4n) is 4.49. The minimum atomic E-state index is -2.61. The van der Waals surface area contributed by atoms with Crippen LogP contribution in [0.2, 0.25) is 0 Å². The fraction of sp³-hybridized carbons (Fsp3) is 0.400. The van der Waals surface area contributed by atoms with Crippen LogP contribution in [-0.4, -0.2) is 71.3 Å². The third-order valence-electron chi connectivity index (χ3n) is 6.34. The van der Waals surface area contributed by atoms with E-state index in [2.05, 4.69) is 37.3 Å². The highest BCUT2D eigenvalue weighted by Crippen LogP contribution is 2.32. The number of benzene rings is 1. The van der Waals surface area contributed by atoms with Gasteiger partial charge in [-0.1, -0.05) is 0 Å². The predicted molar refractivity (Wildman–Crippen MR) is 135 cm³/mol. The number of aromatic nitrogens is 4. The van der Waals surface area contributed by atoms with E-state index in [1.165, 1.54) is 0 Å². The molecule has 10 nitrogen and oxygen atoms in total. The minimum Gasteiger partial charge on any atom is -0.377 e. The van der Waals surface area contributed by atoms with E-state index in [4.69, 9.17) is 14.7 Å². The van der Waals surface area contributed by atoms with Crippen molar-refractivity contribution in [1.29, 1.82) is 0 Å². The first kappa shape index (κ1) is 24.8. The number of nitrogens with zero attached hydrogens (tertiary/aromatic N) is 6. The smallest absolute Gasteiger partial charge is 0.319 e. The number of amides is 2. The Morgan fingerprint density at radius 1 is 1.16 bits per heavy atom. The molecule has 2 aliphatic heterocycles. The molecular formula is C25H28F2N8O2. The van der Waals surface area contributed by atoms with Gasteiger partial charge in [-0.05, 0) is 43.7 Å². The molecule has 0 saturated carbocycles. The van der Waals surface area contributed by atoms with Gasteiger partial charge in [0, 0.05) is 42.3 Å². The van der Waals surface area contributed by atoms with Gasteiger partial charge in [-0.3, -0.25) is 0 Å². The molecular weight excluding hydrogens is 482 g/mol. The monoisotopic (exact) mass is 510 g/mol. The summed E-state index contributed by atoms with van der Waals surface area (Å²) in [6.45, 7) is 4.75. The summed E-state index contributed by atoms with van der Waals surface area (Å²) in [5.74, 6) is 2.14. The zero-order valence-electron chi connectivity index (χ0n) is 20.4. The van der Waals surface area contributed by atoms with E-state index < -0.39 is 19.0 Å². The Bertz CT molecular complexity index is 1230. The van der Waals surface area contributed by atoms with Crippen LogP contribution in [0, 0.1) is 0 Å². The van der Waals surface area contributed by atoms with E-state index in [1.807, 2.05) is 0 Å². The van der Waals surface area contributed by atoms with Crippen LogP contribution in [-0.2, 0) is 17.7 Å². The molecule has 1 saturated heterocycles. The molecule has 0 radical (unpaired) electrons. The molecule has 3 aromatic rings. The van der Waals surface area contributed by atoms with Gasteiger partial charge < -0.3 is 25.2 Å². The van der Waals surface area contributed by atoms with Crippen molar-refractivity contribution in [1.82, 2.24) is 25.3 Å². The molecule has 0 aliphatic carbocycles. The molecule has 12 heteroatoms. The molecule has 0 bridgehead atoms. The second-order valence-corrected chi connectivity index (χ2v) is 8.94. The molecule has 5 rings (SSSR count). The van der Waals surface area contributed by atoms with E-state index in [1.54, 1.807) is 42.7 Å². The maximum absolute atomic E-state index is 12.3. The molecule has 1 aromatic carbocycles. The summed E-state index contributed by atoms with van der Waals surface area (Å²) in [5.41, 5.74) is 3.30. The van der Waals surface area contributed by atoms with Crippen molar-refractivity contribution in [2.24, 2.45) is 0 Å². The van der Waals surface area contributed by atoms with Crippen LogP contribution in [0.1, 0.15) is 18.2 Å². The zero-order chi connectivity index (χ0) is 25.8. The SMILES string of the molecule is CC1COCCN1c1nc(-c2ccc(NC(=O)NCC(F)F)cc2)nc2c1CCN(c1ncccn1)C2. The molecule has 2 aliphatic rings. The van der Waals surface area contributed by atoms with Crippen molar-refractivity contribution in [3.8, 4) is 11.4 Å². The number of halogens is 2. The average molecular weight is 511 g/mol. The van der Waals surface area contributed by atoms with Gasteiger partial charge in [0.15, 0.2) is 5.82 Å². The largest absolute Gasteiger partial charge is 0.377 e. The summed E-state index contributed by atoms with van der Waals surface area (Å²) in [5, 5.41) is 4.67. The maximum atomic E-state index is 12.3. The zero-order valence-corrected chi connectivity index (χ0v) is 20.4. The molecule has 2 N–H and O–H groups in total. The Balaban J connectivity index is 1.44. The third kappa shape index (κ3) is 5.74. The number of carbonyl (C=O) groups is 1. The maximum Gasteiger partial charge on any atom is 0.319 e. The standard InChI is InChI=1S/C25H28F2N8O2/c1-16-15-37-12-11-35(16)23-19-7-10-34(24-28-8-2-9-29-24)14-20(19)32-22(33-23)17-3-5-18(6-4-17)31-25(36)30-13-21(26)27/h2-6,8-9,16,21H,7,10-15H2,1H3,(H2,30,31,36). The van der Waals surface area contributed by atoms with Gasteiger partial charge in [0.2, 0.25) is 5.95 Å². The van der Waals surface area contributed by atoms with E-state index in [9.17, 15) is 13.6 Å². The van der Waals surface area contributed by atoms with Crippen LogP contribution in [0.25, 0.3) is 11.4 Å². The number of nitrogens with one attached hydrogen (secondary N) is 2. The summed E-state index contributed by atoms with van der Waals surface area (Å²) in [6, 6.07) is 8.28. The molecule has 1 fully saturated rings. The van der Waals surface area contributed by atoms with Crippen molar-refractivity contribution in [2.75, 3.05) is 48.0 Å². The second-order valence-electron chi connectivity index (χ2n) is 8.94. The lowest BCUT2D eigenvalue weighted by Gasteiger charge is -2.37. The molecule has 4 heterocycles. The Morgan fingerprint density at radius 3 is 2.68 bits per heavy atom. The van der Waals surface area contributed by atoms with Crippen LogP contribution >= 0.6 is 0 Å². The van der Waals surface area contributed by atoms with Crippen molar-refractivity contribution in [3.05, 3.63) is 54.0 Å². The highest BCUT2D eigenvalue weighted by Gasteiger charge is 2.29. The molecule has 37 heavy (non-hydrogen) atoms. The summed E-state index contributed by atoms with van der Waals surface area (Å²) in [6.07, 6.45) is 1.62. The van der Waals surface area contributed by atoms with Crippen LogP contribution in [0.3, 0.4) is 0 Å². The number of ether oxygens (including phenoxy) is 1. The first-order valence-corrected chi connectivity index (χ1v) is 12.2. The van der Waals surface area contributed by atoms with Crippen LogP contribution in [0.5, 0.6) is 0 Å². The topological polar surface area (TPSA) is 108 Å². The predicted octanol–water partition coefficient (Wildman–Crippen LogP) is 3.11. The number of hydrogen-bond acceptors (Lipinski definition) is 8. The van der Waals surface area contributed by atoms with Crippen molar-refractivity contribution in [2.45, 2.75) is 32.4 Å². The van der Waals surface area contributed by atoms with Gasteiger partial charge in [0.05, 0.1) is 38.0 Å². The number of fused-ring (bicyclic) bond motifs is 1. The highest BCUT2D eigenvalue weighted by atomic mass is 19.3. The Morgan fingerprint density at radius 2 is 1.95 bits per heavy atom. The lowest BCUT2D eigenvalue weighted by Crippen LogP contribution is -2.45. The number of urea groups is 1. The summed E-state index contributed by atoms with van der Waals surface area (Å²) in [7, 11) is 0. The Hall–Kier alpha value is -3.93. The Kier molecular flexibility index (Phi) is 7.35. The van der Waals surface area contributed by atoms with Gasteiger partial charge in [-0.2, -0.15) is 0 Å². The van der Waals surface area contributed by atoms with E-state index in [-0.39, 0.29) is 6.04 Å². The van der Waals surface area contributed by atoms with Crippen LogP contribution in [0.4, 0.5) is 31.0 Å². The number of morpholine rings is 1. The van der Waals surface area contributed by atoms with Crippen LogP contribution < -0.4 is 20.4 Å². The summed E-state index contributed by atoms with van der Waals surface area (Å²) >= 11 is 0. The highest BCUT2D eigenvalue weighted by molar-refractivity contribution is 5.89. The first-order valence-electron chi connectivity index (χ1n) is 12.2. The average Bonchev–Trinajstić information content (AvgIpc) is 2.92. The number of hydrogen-bond donors (Lipinski definition) is 2. The third-order valence-corrected chi connectivity index (χ3v) is 6.34. The van der Waals surface area contributed by atoms with Gasteiger partial charge >= 0.3 is 6.03 Å².